The van der Waals surface area contributed by atoms with Crippen LogP contribution >= 0.6 is 11.6 Å². The Balaban J connectivity index is 1.17. The molecular weight excluding hydrogens is 674 g/mol. The van der Waals surface area contributed by atoms with Gasteiger partial charge in [-0.3, -0.25) is 14.4 Å². The van der Waals surface area contributed by atoms with Crippen LogP contribution in [0, 0.1) is 6.92 Å². The summed E-state index contributed by atoms with van der Waals surface area (Å²) in [5.74, 6) is -2.69. The number of ether oxygens (including phenoxy) is 1. The van der Waals surface area contributed by atoms with Gasteiger partial charge in [0.15, 0.2) is 5.65 Å². The molecule has 2 aliphatic rings. The Kier molecular flexibility index (Phi) is 9.39. The number of morpholine rings is 1. The zero-order valence-electron chi connectivity index (χ0n) is 27.6. The molecule has 5 aromatic rings. The molecule has 14 heteroatoms. The molecule has 1 aliphatic carbocycles. The van der Waals surface area contributed by atoms with Crippen molar-refractivity contribution in [3.05, 3.63) is 123 Å². The first-order chi connectivity index (χ1) is 24.7. The monoisotopic (exact) mass is 707 g/mol. The minimum absolute atomic E-state index is 0.000911. The number of carbonyl (C=O) groups is 4. The number of nitrogens with zero attached hydrogens (tertiary/aromatic N) is 4. The van der Waals surface area contributed by atoms with Gasteiger partial charge < -0.3 is 30.7 Å². The second kappa shape index (κ2) is 14.2. The molecule has 0 radical (unpaired) electrons. The SMILES string of the molecule is Cc1c(C(=O)O)ccc2c1CC[C@@H]2NC(=O)c1cc(C(=O)NCc2ccc(N3CCOCC3)cc2)nc2c(C(=O)Nc3ccccc3Cl)cnn12. The predicted octanol–water partition coefficient (Wildman–Crippen LogP) is 4.83. The summed E-state index contributed by atoms with van der Waals surface area (Å²) in [4.78, 5) is 59.4. The molecule has 1 saturated heterocycles. The number of para-hydroxylation sites is 1. The Hall–Kier alpha value is -5.79. The fourth-order valence-electron chi connectivity index (χ4n) is 6.57. The van der Waals surface area contributed by atoms with Crippen LogP contribution in [0.1, 0.15) is 76.4 Å². The molecule has 0 unspecified atom stereocenters. The summed E-state index contributed by atoms with van der Waals surface area (Å²) in [6.45, 7) is 4.94. The van der Waals surface area contributed by atoms with Crippen molar-refractivity contribution in [1.29, 1.82) is 0 Å². The standard InChI is InChI=1S/C37H34ClN7O6/c1-21-24-12-13-29(26(24)11-10-25(21)37(49)50)42-36(48)32-18-31(35(47)39-19-22-6-8-23(9-7-22)44-14-16-51-17-15-44)41-33-27(20-40-45(32)33)34(46)43-30-5-3-2-4-28(30)38/h2-11,18,20,29H,12-17,19H2,1H3,(H,39,47)(H,42,48)(H,43,46)(H,49,50)/t29-/m0/s1. The Labute approximate surface area is 297 Å². The molecule has 2 aromatic heterocycles. The quantitative estimate of drug-likeness (QED) is 0.168. The van der Waals surface area contributed by atoms with Gasteiger partial charge in [0.1, 0.15) is 17.0 Å². The zero-order chi connectivity index (χ0) is 35.6. The number of hydrogen-bond donors (Lipinski definition) is 4. The van der Waals surface area contributed by atoms with Gasteiger partial charge in [0.25, 0.3) is 17.7 Å². The molecule has 3 aromatic carbocycles. The summed E-state index contributed by atoms with van der Waals surface area (Å²) in [5, 5.41) is 22.9. The maximum absolute atomic E-state index is 14.0. The number of carboxylic acids is 1. The van der Waals surface area contributed by atoms with Gasteiger partial charge in [-0.25, -0.2) is 14.3 Å². The minimum atomic E-state index is -1.01. The Bertz CT molecular complexity index is 2180. The molecule has 1 aliphatic heterocycles. The van der Waals surface area contributed by atoms with Crippen molar-refractivity contribution >= 4 is 52.3 Å². The third-order valence-corrected chi connectivity index (χ3v) is 9.63. The number of hydrogen-bond acceptors (Lipinski definition) is 8. The van der Waals surface area contributed by atoms with Gasteiger partial charge in [-0.15, -0.1) is 0 Å². The van der Waals surface area contributed by atoms with Crippen LogP contribution in [0.4, 0.5) is 11.4 Å². The highest BCUT2D eigenvalue weighted by molar-refractivity contribution is 6.34. The van der Waals surface area contributed by atoms with E-state index in [0.29, 0.717) is 42.3 Å². The van der Waals surface area contributed by atoms with E-state index in [1.807, 2.05) is 24.3 Å². The first-order valence-corrected chi connectivity index (χ1v) is 16.9. The van der Waals surface area contributed by atoms with Gasteiger partial charge in [-0.05, 0) is 72.4 Å². The molecule has 3 heterocycles. The lowest BCUT2D eigenvalue weighted by atomic mass is 9.98. The summed E-state index contributed by atoms with van der Waals surface area (Å²) in [6, 6.07) is 18.8. The second-order valence-electron chi connectivity index (χ2n) is 12.4. The van der Waals surface area contributed by atoms with E-state index in [0.717, 1.165) is 35.5 Å². The number of carboxylic acid groups (broad SMARTS) is 1. The van der Waals surface area contributed by atoms with Crippen LogP contribution in [0.2, 0.25) is 5.02 Å². The van der Waals surface area contributed by atoms with Crippen LogP contribution in [0.15, 0.2) is 72.9 Å². The van der Waals surface area contributed by atoms with E-state index < -0.39 is 29.7 Å². The molecule has 3 amide bonds. The third kappa shape index (κ3) is 6.85. The molecule has 0 spiro atoms. The molecule has 1 fully saturated rings. The van der Waals surface area contributed by atoms with E-state index in [9.17, 15) is 24.3 Å². The second-order valence-corrected chi connectivity index (χ2v) is 12.8. The lowest BCUT2D eigenvalue weighted by molar-refractivity contribution is 0.0695. The van der Waals surface area contributed by atoms with Crippen LogP contribution < -0.4 is 20.9 Å². The highest BCUT2D eigenvalue weighted by atomic mass is 35.5. The number of aromatic carboxylic acids is 1. The number of anilines is 2. The fourth-order valence-corrected chi connectivity index (χ4v) is 6.75. The number of carbonyl (C=O) groups excluding carboxylic acids is 3. The van der Waals surface area contributed by atoms with E-state index in [1.54, 1.807) is 43.3 Å². The largest absolute Gasteiger partial charge is 0.478 e. The number of amides is 3. The molecule has 260 valence electrons. The van der Waals surface area contributed by atoms with Crippen molar-refractivity contribution in [1.82, 2.24) is 25.2 Å². The number of halogens is 1. The third-order valence-electron chi connectivity index (χ3n) is 9.30. The van der Waals surface area contributed by atoms with Crippen molar-refractivity contribution < 1.29 is 29.0 Å². The maximum atomic E-state index is 14.0. The molecule has 1 atom stereocenters. The normalized spacial score (nSPS) is 15.3. The smallest absolute Gasteiger partial charge is 0.335 e. The van der Waals surface area contributed by atoms with Crippen LogP contribution in [0.5, 0.6) is 0 Å². The Morgan fingerprint density at radius 1 is 0.961 bits per heavy atom. The van der Waals surface area contributed by atoms with Crippen molar-refractivity contribution in [2.45, 2.75) is 32.4 Å². The molecule has 51 heavy (non-hydrogen) atoms. The van der Waals surface area contributed by atoms with Crippen molar-refractivity contribution in [2.75, 3.05) is 36.5 Å². The first-order valence-electron chi connectivity index (χ1n) is 16.5. The van der Waals surface area contributed by atoms with Gasteiger partial charge in [0.05, 0.1) is 41.7 Å². The van der Waals surface area contributed by atoms with E-state index >= 15 is 0 Å². The molecule has 13 nitrogen and oxygen atoms in total. The van der Waals surface area contributed by atoms with E-state index in [-0.39, 0.29) is 34.7 Å². The summed E-state index contributed by atoms with van der Waals surface area (Å²) in [6.07, 6.45) is 2.43. The topological polar surface area (TPSA) is 167 Å². The summed E-state index contributed by atoms with van der Waals surface area (Å²) < 4.78 is 6.67. The van der Waals surface area contributed by atoms with Gasteiger partial charge in [-0.1, -0.05) is 41.9 Å². The summed E-state index contributed by atoms with van der Waals surface area (Å²) in [7, 11) is 0. The van der Waals surface area contributed by atoms with Gasteiger partial charge in [-0.2, -0.15) is 5.10 Å². The number of aromatic nitrogens is 3. The van der Waals surface area contributed by atoms with Crippen LogP contribution in [-0.4, -0.2) is 69.7 Å². The highest BCUT2D eigenvalue weighted by Gasteiger charge is 2.30. The number of fused-ring (bicyclic) bond motifs is 2. The number of benzene rings is 3. The predicted molar refractivity (Wildman–Crippen MR) is 190 cm³/mol. The minimum Gasteiger partial charge on any atom is -0.478 e. The van der Waals surface area contributed by atoms with Gasteiger partial charge in [0, 0.05) is 31.4 Å². The molecular formula is C37H34ClN7O6. The van der Waals surface area contributed by atoms with Gasteiger partial charge in [0.2, 0.25) is 0 Å². The van der Waals surface area contributed by atoms with E-state index in [4.69, 9.17) is 16.3 Å². The average molecular weight is 708 g/mol. The van der Waals surface area contributed by atoms with E-state index in [2.05, 4.69) is 30.9 Å². The van der Waals surface area contributed by atoms with Crippen LogP contribution in [-0.2, 0) is 17.7 Å². The van der Waals surface area contributed by atoms with Crippen molar-refractivity contribution in [3.8, 4) is 0 Å². The summed E-state index contributed by atoms with van der Waals surface area (Å²) in [5.41, 5.74) is 4.84. The highest BCUT2D eigenvalue weighted by Crippen LogP contribution is 2.35. The van der Waals surface area contributed by atoms with Crippen LogP contribution in [0.3, 0.4) is 0 Å². The summed E-state index contributed by atoms with van der Waals surface area (Å²) >= 11 is 6.27. The lowest BCUT2D eigenvalue weighted by Crippen LogP contribution is -2.36. The fraction of sp³-hybridized carbons (Fsp3) is 0.243. The Morgan fingerprint density at radius 2 is 1.73 bits per heavy atom. The van der Waals surface area contributed by atoms with E-state index in [1.165, 1.54) is 16.8 Å². The lowest BCUT2D eigenvalue weighted by Gasteiger charge is -2.28. The van der Waals surface area contributed by atoms with Crippen molar-refractivity contribution in [3.63, 3.8) is 0 Å². The zero-order valence-corrected chi connectivity index (χ0v) is 28.4. The maximum Gasteiger partial charge on any atom is 0.335 e. The van der Waals surface area contributed by atoms with Gasteiger partial charge >= 0.3 is 5.97 Å². The Morgan fingerprint density at radius 3 is 2.47 bits per heavy atom. The first kappa shape index (κ1) is 33.7. The number of nitrogens with one attached hydrogen (secondary N) is 3. The van der Waals surface area contributed by atoms with Crippen LogP contribution in [0.25, 0.3) is 5.65 Å². The molecule has 0 bridgehead atoms. The molecule has 4 N–H and O–H groups in total. The number of rotatable bonds is 9. The molecule has 7 rings (SSSR count). The van der Waals surface area contributed by atoms with Crippen molar-refractivity contribution in [2.24, 2.45) is 0 Å². The average Bonchev–Trinajstić information content (AvgIpc) is 3.76. The molecule has 0 saturated carbocycles.